The van der Waals surface area contributed by atoms with Crippen LogP contribution in [-0.2, 0) is 14.8 Å². The van der Waals surface area contributed by atoms with E-state index in [0.717, 1.165) is 10.6 Å². The van der Waals surface area contributed by atoms with Crippen molar-refractivity contribution < 1.29 is 22.7 Å². The van der Waals surface area contributed by atoms with Crippen molar-refractivity contribution in [3.63, 3.8) is 0 Å². The first-order valence-corrected chi connectivity index (χ1v) is 11.9. The summed E-state index contributed by atoms with van der Waals surface area (Å²) < 4.78 is 30.8. The summed E-state index contributed by atoms with van der Waals surface area (Å²) in [5, 5.41) is 3.91. The average Bonchev–Trinajstić information content (AvgIpc) is 2.80. The lowest BCUT2D eigenvalue weighted by molar-refractivity contribution is -0.121. The van der Waals surface area contributed by atoms with Crippen molar-refractivity contribution in [2.24, 2.45) is 5.10 Å². The van der Waals surface area contributed by atoms with E-state index in [1.54, 1.807) is 78.9 Å². The van der Waals surface area contributed by atoms with Crippen molar-refractivity contribution in [2.75, 3.05) is 10.6 Å². The molecule has 1 amide bonds. The Hall–Kier alpha value is -3.98. The van der Waals surface area contributed by atoms with Gasteiger partial charge >= 0.3 is 5.97 Å². The maximum absolute atomic E-state index is 12.5. The predicted molar refractivity (Wildman–Crippen MR) is 127 cm³/mol. The van der Waals surface area contributed by atoms with Gasteiger partial charge in [-0.15, -0.1) is 0 Å². The molecule has 8 nitrogen and oxygen atoms in total. The van der Waals surface area contributed by atoms with E-state index in [1.165, 1.54) is 13.1 Å². The number of hydrazone groups is 1. The molecule has 0 aliphatic carbocycles. The van der Waals surface area contributed by atoms with Gasteiger partial charge in [-0.25, -0.2) is 18.6 Å². The van der Waals surface area contributed by atoms with Gasteiger partial charge in [0.25, 0.3) is 5.91 Å². The molecule has 33 heavy (non-hydrogen) atoms. The zero-order chi connectivity index (χ0) is 23.8. The highest BCUT2D eigenvalue weighted by Crippen LogP contribution is 2.20. The number of anilines is 1. The van der Waals surface area contributed by atoms with Gasteiger partial charge in [-0.1, -0.05) is 36.4 Å². The van der Waals surface area contributed by atoms with Crippen LogP contribution < -0.4 is 14.5 Å². The zero-order valence-corrected chi connectivity index (χ0v) is 18.9. The second-order valence-electron chi connectivity index (χ2n) is 7.13. The van der Waals surface area contributed by atoms with Crippen molar-refractivity contribution in [3.8, 4) is 5.75 Å². The molecule has 3 rings (SSSR count). The number of carbonyl (C=O) groups excluding carboxylic acids is 2. The Kier molecular flexibility index (Phi) is 7.57. The van der Waals surface area contributed by atoms with Crippen LogP contribution in [0.25, 0.3) is 0 Å². The number of sulfonamides is 1. The summed E-state index contributed by atoms with van der Waals surface area (Å²) in [7, 11) is -3.70. The van der Waals surface area contributed by atoms with Gasteiger partial charge in [-0.05, 0) is 61.0 Å². The zero-order valence-electron chi connectivity index (χ0n) is 18.1. The summed E-state index contributed by atoms with van der Waals surface area (Å²) >= 11 is 0. The van der Waals surface area contributed by atoms with Crippen LogP contribution in [-0.4, -0.2) is 38.8 Å². The molecule has 0 saturated heterocycles. The molecular formula is C24H23N3O5S. The van der Waals surface area contributed by atoms with Crippen LogP contribution in [0.3, 0.4) is 0 Å². The first-order valence-electron chi connectivity index (χ1n) is 10.0. The highest BCUT2D eigenvalue weighted by molar-refractivity contribution is 7.92. The van der Waals surface area contributed by atoms with E-state index in [4.69, 9.17) is 4.74 Å². The maximum Gasteiger partial charge on any atom is 0.343 e. The van der Waals surface area contributed by atoms with E-state index in [1.807, 2.05) is 6.07 Å². The van der Waals surface area contributed by atoms with Gasteiger partial charge in [-0.2, -0.15) is 5.10 Å². The van der Waals surface area contributed by atoms with Crippen molar-refractivity contribution in [1.82, 2.24) is 5.43 Å². The minimum atomic E-state index is -3.70. The fraction of sp³-hybridized carbons (Fsp3) is 0.125. The van der Waals surface area contributed by atoms with Crippen LogP contribution in [0.2, 0.25) is 0 Å². The number of benzene rings is 3. The Labute approximate surface area is 192 Å². The molecule has 3 aromatic carbocycles. The quantitative estimate of drug-likeness (QED) is 0.238. The highest BCUT2D eigenvalue weighted by atomic mass is 32.2. The van der Waals surface area contributed by atoms with Crippen molar-refractivity contribution in [3.05, 3.63) is 96.1 Å². The van der Waals surface area contributed by atoms with Gasteiger partial charge in [0.05, 0.1) is 23.7 Å². The molecular weight excluding hydrogens is 442 g/mol. The Morgan fingerprint density at radius 1 is 0.939 bits per heavy atom. The Bertz CT molecular complexity index is 1230. The van der Waals surface area contributed by atoms with Crippen molar-refractivity contribution >= 4 is 33.8 Å². The maximum atomic E-state index is 12.5. The summed E-state index contributed by atoms with van der Waals surface area (Å²) in [5.74, 6) is -0.689. The number of nitrogens with zero attached hydrogens (tertiary/aromatic N) is 2. The number of rotatable bonds is 8. The SMILES string of the molecule is C[C@@H](C(=O)N/N=C\c1ccc(OC(=O)c2ccccc2)cc1)N(c1ccccc1)S(C)(=O)=O. The minimum absolute atomic E-state index is 0.366. The molecule has 0 spiro atoms. The molecule has 9 heteroatoms. The predicted octanol–water partition coefficient (Wildman–Crippen LogP) is 3.21. The minimum Gasteiger partial charge on any atom is -0.423 e. The Balaban J connectivity index is 1.61. The lowest BCUT2D eigenvalue weighted by Gasteiger charge is -2.27. The molecule has 0 fully saturated rings. The second kappa shape index (κ2) is 10.6. The number of para-hydroxylation sites is 1. The molecule has 0 saturated carbocycles. The van der Waals surface area contributed by atoms with E-state index >= 15 is 0 Å². The molecule has 1 atom stereocenters. The molecule has 0 heterocycles. The lowest BCUT2D eigenvalue weighted by atomic mass is 10.2. The molecule has 0 aliphatic heterocycles. The summed E-state index contributed by atoms with van der Waals surface area (Å²) in [6.45, 7) is 1.48. The van der Waals surface area contributed by atoms with Gasteiger partial charge in [-0.3, -0.25) is 9.10 Å². The number of ether oxygens (including phenoxy) is 1. The monoisotopic (exact) mass is 465 g/mol. The summed E-state index contributed by atoms with van der Waals surface area (Å²) in [5.41, 5.74) is 3.83. The number of amides is 1. The smallest absolute Gasteiger partial charge is 0.343 e. The molecule has 0 aromatic heterocycles. The lowest BCUT2D eigenvalue weighted by Crippen LogP contribution is -2.46. The van der Waals surface area contributed by atoms with E-state index in [-0.39, 0.29) is 0 Å². The molecule has 3 aromatic rings. The van der Waals surface area contributed by atoms with E-state index in [0.29, 0.717) is 22.6 Å². The molecule has 0 unspecified atom stereocenters. The Morgan fingerprint density at radius 2 is 1.52 bits per heavy atom. The largest absolute Gasteiger partial charge is 0.423 e. The van der Waals surface area contributed by atoms with Crippen LogP contribution in [0.5, 0.6) is 5.75 Å². The number of nitrogens with one attached hydrogen (secondary N) is 1. The summed E-state index contributed by atoms with van der Waals surface area (Å²) in [6.07, 6.45) is 2.44. The fourth-order valence-corrected chi connectivity index (χ4v) is 4.18. The van der Waals surface area contributed by atoms with Gasteiger partial charge in [0.2, 0.25) is 10.0 Å². The number of hydrogen-bond acceptors (Lipinski definition) is 6. The first kappa shape index (κ1) is 23.7. The molecule has 0 bridgehead atoms. The molecule has 0 radical (unpaired) electrons. The van der Waals surface area contributed by atoms with Crippen LogP contribution in [0.15, 0.2) is 90.0 Å². The average molecular weight is 466 g/mol. The molecule has 170 valence electrons. The number of hydrogen-bond donors (Lipinski definition) is 1. The van der Waals surface area contributed by atoms with Crippen LogP contribution in [0.4, 0.5) is 5.69 Å². The second-order valence-corrected chi connectivity index (χ2v) is 8.99. The van der Waals surface area contributed by atoms with Crippen LogP contribution in [0, 0.1) is 0 Å². The molecule has 1 N–H and O–H groups in total. The molecule has 0 aliphatic rings. The summed E-state index contributed by atoms with van der Waals surface area (Å²) in [4.78, 5) is 24.6. The normalized spacial score (nSPS) is 12.2. The van der Waals surface area contributed by atoms with E-state index < -0.39 is 27.9 Å². The van der Waals surface area contributed by atoms with Crippen molar-refractivity contribution in [1.29, 1.82) is 0 Å². The first-order chi connectivity index (χ1) is 15.8. The number of esters is 1. The van der Waals surface area contributed by atoms with Crippen molar-refractivity contribution in [2.45, 2.75) is 13.0 Å². The third-order valence-corrected chi connectivity index (χ3v) is 5.83. The summed E-state index contributed by atoms with van der Waals surface area (Å²) in [6, 6.07) is 22.5. The van der Waals surface area contributed by atoms with Gasteiger partial charge in [0, 0.05) is 0 Å². The van der Waals surface area contributed by atoms with E-state index in [2.05, 4.69) is 10.5 Å². The Morgan fingerprint density at radius 3 is 2.09 bits per heavy atom. The standard InChI is InChI=1S/C24H23N3O5S/c1-18(27(33(2,30)31)21-11-7-4-8-12-21)23(28)26-25-17-19-13-15-22(16-14-19)32-24(29)20-9-5-3-6-10-20/h3-18H,1-2H3,(H,26,28)/b25-17-/t18-/m0/s1. The number of carbonyl (C=O) groups is 2. The highest BCUT2D eigenvalue weighted by Gasteiger charge is 2.28. The van der Waals surface area contributed by atoms with E-state index in [9.17, 15) is 18.0 Å². The topological polar surface area (TPSA) is 105 Å². The van der Waals surface area contributed by atoms with Gasteiger partial charge in [0.15, 0.2) is 0 Å². The third-order valence-electron chi connectivity index (χ3n) is 4.59. The van der Waals surface area contributed by atoms with Crippen LogP contribution >= 0.6 is 0 Å². The fourth-order valence-electron chi connectivity index (χ4n) is 3.01. The van der Waals surface area contributed by atoms with Gasteiger partial charge < -0.3 is 4.74 Å². The van der Waals surface area contributed by atoms with Gasteiger partial charge in [0.1, 0.15) is 11.8 Å². The third kappa shape index (κ3) is 6.50. The van der Waals surface area contributed by atoms with Crippen LogP contribution in [0.1, 0.15) is 22.8 Å².